The summed E-state index contributed by atoms with van der Waals surface area (Å²) < 4.78 is 31.3. The van der Waals surface area contributed by atoms with Gasteiger partial charge in [0.2, 0.25) is 5.52 Å². The van der Waals surface area contributed by atoms with Crippen LogP contribution in [0.15, 0.2) is 65.7 Å². The van der Waals surface area contributed by atoms with E-state index in [2.05, 4.69) is 27.2 Å². The van der Waals surface area contributed by atoms with Gasteiger partial charge in [0, 0.05) is 11.5 Å². The monoisotopic (exact) mass is 847 g/mol. The smallest absolute Gasteiger partial charge is 0.264 e. The lowest BCUT2D eigenvalue weighted by Gasteiger charge is -2.30. The van der Waals surface area contributed by atoms with Gasteiger partial charge in [0.05, 0.1) is 15.9 Å². The minimum absolute atomic E-state index is 0. The number of sulfonamides is 1. The van der Waals surface area contributed by atoms with Crippen LogP contribution in [0.25, 0.3) is 10.9 Å². The molecule has 0 saturated carbocycles. The summed E-state index contributed by atoms with van der Waals surface area (Å²) in [4.78, 5) is 0.340. The van der Waals surface area contributed by atoms with E-state index < -0.39 is 10.0 Å². The summed E-state index contributed by atoms with van der Waals surface area (Å²) in [5.41, 5.74) is 2.78. The van der Waals surface area contributed by atoms with Gasteiger partial charge in [-0.2, -0.15) is 4.57 Å². The molecule has 3 aromatic rings. The van der Waals surface area contributed by atoms with Crippen LogP contribution >= 0.6 is 46.6 Å². The van der Waals surface area contributed by atoms with E-state index >= 15 is 0 Å². The van der Waals surface area contributed by atoms with Crippen molar-refractivity contribution in [2.45, 2.75) is 17.9 Å². The SMILES string of the molecule is Cc1ccc(S(=O)(=O)N2CC(CI)[n+]3cccc4cccc2c43)cc1.I.[I-].[I-]. The standard InChI is InChI=1S/C19H18IN2O2S.3HI/c1-14-7-9-17(10-8-14)25(23,24)22-13-16(12-20)21-11-3-5-15-4-2-6-18(22)19(15)21;;;/h2-11,16H,12-13H2,1H3;3*1H/q+1;;;/p-2. The molecule has 9 heteroatoms. The number of halogens is 4. The van der Waals surface area contributed by atoms with Crippen molar-refractivity contribution in [3.8, 4) is 0 Å². The summed E-state index contributed by atoms with van der Waals surface area (Å²) in [6.07, 6.45) is 2.05. The normalized spacial score (nSPS) is 15.2. The Kier molecular flexibility index (Phi) is 10.2. The number of aromatic nitrogens is 1. The molecule has 28 heavy (non-hydrogen) atoms. The summed E-state index contributed by atoms with van der Waals surface area (Å²) in [5.74, 6) is 0. The Bertz CT molecular complexity index is 1050. The molecule has 0 spiro atoms. The summed E-state index contributed by atoms with van der Waals surface area (Å²) in [6.45, 7) is 2.40. The molecule has 1 aliphatic heterocycles. The third kappa shape index (κ3) is 4.72. The van der Waals surface area contributed by atoms with Crippen molar-refractivity contribution in [1.82, 2.24) is 0 Å². The Labute approximate surface area is 230 Å². The van der Waals surface area contributed by atoms with Crippen LogP contribution in [0.4, 0.5) is 5.69 Å². The first-order valence-corrected chi connectivity index (χ1v) is 11.1. The van der Waals surface area contributed by atoms with Crippen LogP contribution in [0.1, 0.15) is 11.6 Å². The van der Waals surface area contributed by atoms with Crippen LogP contribution in [0.5, 0.6) is 0 Å². The molecular weight excluding hydrogens is 828 g/mol. The summed E-state index contributed by atoms with van der Waals surface area (Å²) in [6, 6.07) is 17.1. The van der Waals surface area contributed by atoms with E-state index in [1.165, 1.54) is 0 Å². The molecule has 1 unspecified atom stereocenters. The van der Waals surface area contributed by atoms with Crippen LogP contribution < -0.4 is 56.8 Å². The molecule has 1 aromatic heterocycles. The van der Waals surface area contributed by atoms with Gasteiger partial charge in [0.1, 0.15) is 5.69 Å². The second-order valence-corrected chi connectivity index (χ2v) is 9.03. The van der Waals surface area contributed by atoms with Crippen LogP contribution in [0.3, 0.4) is 0 Å². The zero-order valence-corrected chi connectivity index (χ0v) is 24.5. The number of nitrogens with zero attached hydrogens (tertiary/aromatic N) is 2. The highest BCUT2D eigenvalue weighted by Crippen LogP contribution is 2.34. The highest BCUT2D eigenvalue weighted by atomic mass is 127. The number of para-hydroxylation sites is 1. The lowest BCUT2D eigenvalue weighted by molar-refractivity contribution is -0.691. The van der Waals surface area contributed by atoms with Crippen molar-refractivity contribution >= 4 is 73.2 Å². The molecule has 0 bridgehead atoms. The van der Waals surface area contributed by atoms with Gasteiger partial charge < -0.3 is 48.0 Å². The Morgan fingerprint density at radius 1 is 1.07 bits per heavy atom. The molecule has 152 valence electrons. The predicted molar refractivity (Wildman–Crippen MR) is 123 cm³/mol. The van der Waals surface area contributed by atoms with Gasteiger partial charge in [-0.1, -0.05) is 46.4 Å². The van der Waals surface area contributed by atoms with Gasteiger partial charge in [-0.3, -0.25) is 4.31 Å². The second-order valence-electron chi connectivity index (χ2n) is 6.29. The highest BCUT2D eigenvalue weighted by Gasteiger charge is 2.38. The number of pyridine rings is 1. The summed E-state index contributed by atoms with van der Waals surface area (Å²) in [7, 11) is -3.59. The van der Waals surface area contributed by atoms with Crippen molar-refractivity contribution in [3.05, 3.63) is 66.4 Å². The Morgan fingerprint density at radius 2 is 1.71 bits per heavy atom. The van der Waals surface area contributed by atoms with E-state index in [0.717, 1.165) is 26.6 Å². The highest BCUT2D eigenvalue weighted by molar-refractivity contribution is 14.1. The average Bonchev–Trinajstić information content (AvgIpc) is 2.62. The fourth-order valence-corrected chi connectivity index (χ4v) is 5.56. The van der Waals surface area contributed by atoms with Gasteiger partial charge in [0.15, 0.2) is 12.2 Å². The number of anilines is 1. The maximum Gasteiger partial charge on any atom is 0.264 e. The molecule has 2 heterocycles. The van der Waals surface area contributed by atoms with E-state index in [1.54, 1.807) is 16.4 Å². The molecule has 0 fully saturated rings. The molecule has 4 nitrogen and oxygen atoms in total. The molecule has 2 aromatic carbocycles. The topological polar surface area (TPSA) is 41.3 Å². The molecule has 0 amide bonds. The molecule has 0 radical (unpaired) electrons. The van der Waals surface area contributed by atoms with Crippen molar-refractivity contribution < 1.29 is 60.9 Å². The third-order valence-electron chi connectivity index (χ3n) is 4.65. The molecular formula is C19H19I4N2O2S-. The quantitative estimate of drug-likeness (QED) is 0.179. The number of hydrogen-bond donors (Lipinski definition) is 0. The average molecular weight is 847 g/mol. The first-order valence-electron chi connectivity index (χ1n) is 8.10. The van der Waals surface area contributed by atoms with Gasteiger partial charge in [-0.05, 0) is 37.3 Å². The zero-order valence-electron chi connectivity index (χ0n) is 14.9. The van der Waals surface area contributed by atoms with Crippen LogP contribution in [0, 0.1) is 6.92 Å². The lowest BCUT2D eigenvalue weighted by atomic mass is 10.1. The number of aryl methyl sites for hydroxylation is 1. The van der Waals surface area contributed by atoms with Crippen molar-refractivity contribution in [2.24, 2.45) is 0 Å². The maximum atomic E-state index is 13.3. The molecule has 0 aliphatic carbocycles. The van der Waals surface area contributed by atoms with Gasteiger partial charge in [-0.15, -0.1) is 24.0 Å². The fraction of sp³-hybridized carbons (Fsp3) is 0.211. The first kappa shape index (κ1) is 26.6. The summed E-state index contributed by atoms with van der Waals surface area (Å²) >= 11 is 2.33. The lowest BCUT2D eigenvalue weighted by Crippen LogP contribution is -3.00. The van der Waals surface area contributed by atoms with Crippen molar-refractivity contribution in [3.63, 3.8) is 0 Å². The van der Waals surface area contributed by atoms with E-state index in [9.17, 15) is 8.42 Å². The maximum absolute atomic E-state index is 13.3. The Morgan fingerprint density at radius 3 is 2.36 bits per heavy atom. The molecule has 4 rings (SSSR count). The second kappa shape index (κ2) is 10.7. The molecule has 1 aliphatic rings. The van der Waals surface area contributed by atoms with Crippen LogP contribution in [-0.2, 0) is 10.0 Å². The third-order valence-corrected chi connectivity index (χ3v) is 7.46. The van der Waals surface area contributed by atoms with Crippen LogP contribution in [-0.4, -0.2) is 19.4 Å². The summed E-state index contributed by atoms with van der Waals surface area (Å²) in [5, 5.41) is 1.05. The van der Waals surface area contributed by atoms with Gasteiger partial charge in [-0.25, -0.2) is 8.42 Å². The van der Waals surface area contributed by atoms with E-state index in [1.807, 2.05) is 55.6 Å². The zero-order chi connectivity index (χ0) is 17.6. The number of benzene rings is 2. The van der Waals surface area contributed by atoms with Gasteiger partial charge >= 0.3 is 0 Å². The fourth-order valence-electron chi connectivity index (χ4n) is 3.35. The van der Waals surface area contributed by atoms with E-state index in [4.69, 9.17) is 0 Å². The Hall–Kier alpha value is 0.520. The first-order chi connectivity index (χ1) is 12.0. The predicted octanol–water partition coefficient (Wildman–Crippen LogP) is -1.75. The number of alkyl halides is 1. The Balaban J connectivity index is 0.00000131. The molecule has 0 saturated heterocycles. The minimum Gasteiger partial charge on any atom is -1.00 e. The van der Waals surface area contributed by atoms with Crippen molar-refractivity contribution in [2.75, 3.05) is 15.3 Å². The van der Waals surface area contributed by atoms with Crippen molar-refractivity contribution in [1.29, 1.82) is 0 Å². The van der Waals surface area contributed by atoms with Crippen LogP contribution in [0.2, 0.25) is 0 Å². The van der Waals surface area contributed by atoms with Gasteiger partial charge in [0.25, 0.3) is 10.0 Å². The minimum atomic E-state index is -3.59. The molecule has 1 atom stereocenters. The van der Waals surface area contributed by atoms with E-state index in [0.29, 0.717) is 11.4 Å². The largest absolute Gasteiger partial charge is 1.00 e. The number of rotatable bonds is 3. The molecule has 0 N–H and O–H groups in total. The number of hydrogen-bond acceptors (Lipinski definition) is 2. The van der Waals surface area contributed by atoms with E-state index in [-0.39, 0.29) is 78.0 Å².